The fourth-order valence-corrected chi connectivity index (χ4v) is 7.00. The van der Waals surface area contributed by atoms with Crippen molar-refractivity contribution in [1.82, 2.24) is 9.80 Å². The first-order valence-electron chi connectivity index (χ1n) is 13.8. The van der Waals surface area contributed by atoms with Gasteiger partial charge in [-0.15, -0.1) is 0 Å². The molecule has 3 aromatic carbocycles. The van der Waals surface area contributed by atoms with Crippen LogP contribution in [0.25, 0.3) is 10.8 Å². The Bertz CT molecular complexity index is 1300. The van der Waals surface area contributed by atoms with Crippen molar-refractivity contribution in [2.45, 2.75) is 55.6 Å². The van der Waals surface area contributed by atoms with Gasteiger partial charge in [0.2, 0.25) is 0 Å². The van der Waals surface area contributed by atoms with E-state index >= 15 is 0 Å². The first-order valence-corrected chi connectivity index (χ1v) is 13.8. The number of hydrogen-bond acceptors (Lipinski definition) is 4. The van der Waals surface area contributed by atoms with Crippen LogP contribution < -0.4 is 4.74 Å². The summed E-state index contributed by atoms with van der Waals surface area (Å²) in [5.41, 5.74) is 0.617. The van der Waals surface area contributed by atoms with E-state index < -0.39 is 11.0 Å². The molecule has 1 saturated heterocycles. The summed E-state index contributed by atoms with van der Waals surface area (Å²) < 4.78 is 5.59. The van der Waals surface area contributed by atoms with E-state index in [1.807, 2.05) is 54.4 Å². The van der Waals surface area contributed by atoms with E-state index in [-0.39, 0.29) is 11.9 Å². The normalized spacial score (nSPS) is 28.0. The average molecular weight is 499 g/mol. The van der Waals surface area contributed by atoms with Gasteiger partial charge in [-0.3, -0.25) is 4.79 Å². The summed E-state index contributed by atoms with van der Waals surface area (Å²) in [4.78, 5) is 18.1. The van der Waals surface area contributed by atoms with Gasteiger partial charge in [0, 0.05) is 37.2 Å². The van der Waals surface area contributed by atoms with E-state index in [1.165, 1.54) is 12.8 Å². The summed E-state index contributed by atoms with van der Waals surface area (Å²) in [5, 5.41) is 14.6. The molecule has 2 saturated carbocycles. The largest absolute Gasteiger partial charge is 0.497 e. The smallest absolute Gasteiger partial charge is 0.253 e. The lowest BCUT2D eigenvalue weighted by Crippen LogP contribution is -2.67. The molecule has 37 heavy (non-hydrogen) atoms. The molecule has 3 aliphatic rings. The number of nitrogens with zero attached hydrogens (tertiary/aromatic N) is 2. The number of ether oxygens (including phenoxy) is 1. The number of likely N-dealkylation sites (tertiary alicyclic amines) is 1. The molecule has 1 heterocycles. The molecule has 3 fully saturated rings. The molecule has 2 aliphatic carbocycles. The minimum atomic E-state index is -0.824. The van der Waals surface area contributed by atoms with E-state index in [2.05, 4.69) is 29.2 Å². The molecular formula is C32H38N2O3. The van der Waals surface area contributed by atoms with Crippen LogP contribution in [0, 0.1) is 5.92 Å². The summed E-state index contributed by atoms with van der Waals surface area (Å²) in [5.74, 6) is 1.67. The fraction of sp³-hybridized carbons (Fsp3) is 0.469. The third-order valence-electron chi connectivity index (χ3n) is 9.41. The minimum absolute atomic E-state index is 0.0492. The molecule has 0 spiro atoms. The summed E-state index contributed by atoms with van der Waals surface area (Å²) in [6.07, 6.45) is 5.77. The van der Waals surface area contributed by atoms with Crippen molar-refractivity contribution in [3.8, 4) is 5.75 Å². The number of carbonyl (C=O) groups excluding carboxylic acids is 1. The van der Waals surface area contributed by atoms with E-state index in [9.17, 15) is 9.90 Å². The van der Waals surface area contributed by atoms with E-state index in [0.29, 0.717) is 13.0 Å². The molecular weight excluding hydrogens is 460 g/mol. The van der Waals surface area contributed by atoms with Gasteiger partial charge in [-0.05, 0) is 91.6 Å². The Balaban J connectivity index is 1.30. The van der Waals surface area contributed by atoms with Crippen molar-refractivity contribution >= 4 is 16.7 Å². The molecule has 3 atom stereocenters. The summed E-state index contributed by atoms with van der Waals surface area (Å²) >= 11 is 0. The van der Waals surface area contributed by atoms with Gasteiger partial charge in [-0.1, -0.05) is 42.5 Å². The number of amides is 1. The number of benzene rings is 3. The number of rotatable bonds is 6. The third-order valence-corrected chi connectivity index (χ3v) is 9.41. The number of methoxy groups -OCH3 is 1. The van der Waals surface area contributed by atoms with Crippen LogP contribution in [0.4, 0.5) is 0 Å². The molecule has 5 heteroatoms. The molecule has 3 aromatic rings. The maximum atomic E-state index is 13.7. The highest BCUT2D eigenvalue weighted by atomic mass is 16.5. The van der Waals surface area contributed by atoms with Gasteiger partial charge in [-0.25, -0.2) is 0 Å². The van der Waals surface area contributed by atoms with Crippen molar-refractivity contribution in [2.24, 2.45) is 5.92 Å². The number of fused-ring (bicyclic) bond motifs is 2. The van der Waals surface area contributed by atoms with Crippen LogP contribution in [0.1, 0.15) is 54.4 Å². The second kappa shape index (κ2) is 9.45. The maximum absolute atomic E-state index is 13.7. The highest BCUT2D eigenvalue weighted by molar-refractivity contribution is 5.98. The quantitative estimate of drug-likeness (QED) is 0.504. The zero-order valence-corrected chi connectivity index (χ0v) is 22.0. The van der Waals surface area contributed by atoms with Gasteiger partial charge in [-0.2, -0.15) is 0 Å². The first kappa shape index (κ1) is 24.4. The molecule has 6 rings (SSSR count). The topological polar surface area (TPSA) is 53.0 Å². The highest BCUT2D eigenvalue weighted by Gasteiger charge is 2.58. The Labute approximate surface area is 220 Å². The van der Waals surface area contributed by atoms with Crippen molar-refractivity contribution in [2.75, 3.05) is 33.8 Å². The van der Waals surface area contributed by atoms with Gasteiger partial charge in [0.05, 0.1) is 12.7 Å². The second-order valence-electron chi connectivity index (χ2n) is 11.6. The van der Waals surface area contributed by atoms with E-state index in [4.69, 9.17) is 4.74 Å². The lowest BCUT2D eigenvalue weighted by molar-refractivity contribution is -0.132. The van der Waals surface area contributed by atoms with Gasteiger partial charge in [0.25, 0.3) is 5.91 Å². The van der Waals surface area contributed by atoms with Crippen molar-refractivity contribution in [1.29, 1.82) is 0 Å². The summed E-state index contributed by atoms with van der Waals surface area (Å²) in [6.45, 7) is 2.78. The van der Waals surface area contributed by atoms with E-state index in [1.54, 1.807) is 7.11 Å². The van der Waals surface area contributed by atoms with Crippen LogP contribution in [-0.2, 0) is 5.41 Å². The zero-order chi connectivity index (χ0) is 25.6. The number of carbonyl (C=O) groups is 1. The fourth-order valence-electron chi connectivity index (χ4n) is 7.00. The summed E-state index contributed by atoms with van der Waals surface area (Å²) in [6, 6.07) is 22.4. The van der Waals surface area contributed by atoms with Crippen molar-refractivity contribution in [3.63, 3.8) is 0 Å². The number of hydrogen-bond donors (Lipinski definition) is 1. The molecule has 194 valence electrons. The predicted molar refractivity (Wildman–Crippen MR) is 147 cm³/mol. The Morgan fingerprint density at radius 3 is 2.62 bits per heavy atom. The Kier molecular flexibility index (Phi) is 6.24. The lowest BCUT2D eigenvalue weighted by Gasteiger charge is -2.59. The van der Waals surface area contributed by atoms with Crippen molar-refractivity contribution < 1.29 is 14.6 Å². The van der Waals surface area contributed by atoms with Crippen LogP contribution >= 0.6 is 0 Å². The first-order chi connectivity index (χ1) is 17.9. The molecule has 0 radical (unpaired) electrons. The van der Waals surface area contributed by atoms with E-state index in [0.717, 1.165) is 65.9 Å². The standard InChI is InChI=1S/C32H38N2O3/c1-33(30(35)26-13-12-24-6-3-4-7-25(24)18-26)28-14-15-32(36)22-34(21-23-10-11-23)17-16-31(32,20-28)27-8-5-9-29(19-27)37-2/h3-9,12-13,18-19,23,28,36H,10-11,14-17,20-22H2,1-2H3/t28-,31+,32+/m1/s1. The third kappa shape index (κ3) is 4.42. The number of piperidine rings is 1. The molecule has 0 aromatic heterocycles. The highest BCUT2D eigenvalue weighted by Crippen LogP contribution is 2.53. The van der Waals surface area contributed by atoms with Crippen LogP contribution in [0.3, 0.4) is 0 Å². The van der Waals surface area contributed by atoms with Gasteiger partial charge >= 0.3 is 0 Å². The Morgan fingerprint density at radius 2 is 1.84 bits per heavy atom. The predicted octanol–water partition coefficient (Wildman–Crippen LogP) is 5.26. The maximum Gasteiger partial charge on any atom is 0.253 e. The number of aliphatic hydroxyl groups is 1. The van der Waals surface area contributed by atoms with Gasteiger partial charge < -0.3 is 19.6 Å². The lowest BCUT2D eigenvalue weighted by atomic mass is 9.55. The van der Waals surface area contributed by atoms with Crippen LogP contribution in [0.15, 0.2) is 66.7 Å². The minimum Gasteiger partial charge on any atom is -0.497 e. The molecule has 0 unspecified atom stereocenters. The average Bonchev–Trinajstić information content (AvgIpc) is 3.75. The monoisotopic (exact) mass is 498 g/mol. The zero-order valence-electron chi connectivity index (χ0n) is 22.0. The van der Waals surface area contributed by atoms with Crippen LogP contribution in [0.5, 0.6) is 5.75 Å². The molecule has 1 amide bonds. The Hall–Kier alpha value is -2.89. The van der Waals surface area contributed by atoms with Gasteiger partial charge in [0.15, 0.2) is 0 Å². The number of β-amino-alcohol motifs (C(OH)–C–C–N with tert-alkyl or cyclic N) is 1. The van der Waals surface area contributed by atoms with Crippen LogP contribution in [-0.4, -0.2) is 66.2 Å². The molecule has 1 N–H and O–H groups in total. The molecule has 1 aliphatic heterocycles. The Morgan fingerprint density at radius 1 is 1.03 bits per heavy atom. The second-order valence-corrected chi connectivity index (χ2v) is 11.6. The SMILES string of the molecule is COc1cccc([C@@]23CCN(CC4CC4)C[C@@]2(O)CC[C@@H](N(C)C(=O)c2ccc4ccccc4c2)C3)c1. The van der Waals surface area contributed by atoms with Crippen LogP contribution in [0.2, 0.25) is 0 Å². The molecule has 5 nitrogen and oxygen atoms in total. The van der Waals surface area contributed by atoms with Crippen molar-refractivity contribution in [3.05, 3.63) is 77.9 Å². The summed E-state index contributed by atoms with van der Waals surface area (Å²) in [7, 11) is 3.63. The molecule has 0 bridgehead atoms. The van der Waals surface area contributed by atoms with Gasteiger partial charge in [0.1, 0.15) is 5.75 Å².